The molecule has 0 saturated heterocycles. The van der Waals surface area contributed by atoms with E-state index in [1.54, 1.807) is 7.11 Å². The maximum Gasteiger partial charge on any atom is 0.180 e. The number of benzene rings is 3. The van der Waals surface area contributed by atoms with Crippen molar-refractivity contribution in [2.45, 2.75) is 25.6 Å². The molecule has 3 aromatic carbocycles. The molecule has 0 fully saturated rings. The Morgan fingerprint density at radius 1 is 0.926 bits per heavy atom. The third-order valence-corrected chi connectivity index (χ3v) is 5.35. The molecule has 136 valence electrons. The lowest BCUT2D eigenvalue weighted by molar-refractivity contribution is 0.0726. The van der Waals surface area contributed by atoms with Gasteiger partial charge in [-0.15, -0.1) is 0 Å². The van der Waals surface area contributed by atoms with Gasteiger partial charge in [0.1, 0.15) is 5.75 Å². The molecule has 1 aliphatic heterocycles. The summed E-state index contributed by atoms with van der Waals surface area (Å²) in [6.07, 6.45) is 0. The Bertz CT molecular complexity index is 937. The molecule has 0 bridgehead atoms. The van der Waals surface area contributed by atoms with Crippen LogP contribution in [-0.2, 0) is 6.54 Å². The van der Waals surface area contributed by atoms with Crippen molar-refractivity contribution >= 4 is 5.78 Å². The van der Waals surface area contributed by atoms with Gasteiger partial charge in [0.25, 0.3) is 0 Å². The lowest BCUT2D eigenvalue weighted by Crippen LogP contribution is -2.46. The zero-order chi connectivity index (χ0) is 18.8. The number of hydrogen-bond acceptors (Lipinski definition) is 3. The first-order chi connectivity index (χ1) is 13.2. The van der Waals surface area contributed by atoms with E-state index in [-0.39, 0.29) is 17.9 Å². The van der Waals surface area contributed by atoms with Crippen molar-refractivity contribution in [3.8, 4) is 5.75 Å². The predicted octanol–water partition coefficient (Wildman–Crippen LogP) is 4.87. The number of carbonyl (C=O) groups excluding carboxylic acids is 1. The molecule has 0 amide bonds. The van der Waals surface area contributed by atoms with Crippen LogP contribution in [0.15, 0.2) is 78.9 Å². The molecule has 2 unspecified atom stereocenters. The Kier molecular flexibility index (Phi) is 4.78. The van der Waals surface area contributed by atoms with E-state index in [9.17, 15) is 4.79 Å². The molecule has 1 heterocycles. The summed E-state index contributed by atoms with van der Waals surface area (Å²) in [6.45, 7) is 2.72. The largest absolute Gasteiger partial charge is 0.497 e. The van der Waals surface area contributed by atoms with E-state index < -0.39 is 0 Å². The quantitative estimate of drug-likeness (QED) is 0.667. The first-order valence-electron chi connectivity index (χ1n) is 9.26. The predicted molar refractivity (Wildman–Crippen MR) is 107 cm³/mol. The van der Waals surface area contributed by atoms with Gasteiger partial charge in [0.2, 0.25) is 0 Å². The first kappa shape index (κ1) is 17.5. The molecule has 0 aliphatic carbocycles. The lowest BCUT2D eigenvalue weighted by atomic mass is 9.84. The summed E-state index contributed by atoms with van der Waals surface area (Å²) >= 11 is 0. The molecule has 0 aromatic heterocycles. The van der Waals surface area contributed by atoms with Crippen molar-refractivity contribution in [2.24, 2.45) is 0 Å². The molecule has 3 heteroatoms. The van der Waals surface area contributed by atoms with E-state index in [1.807, 2.05) is 49.4 Å². The fourth-order valence-corrected chi connectivity index (χ4v) is 3.93. The van der Waals surface area contributed by atoms with E-state index in [0.717, 1.165) is 16.9 Å². The highest BCUT2D eigenvalue weighted by molar-refractivity contribution is 6.02. The van der Waals surface area contributed by atoms with Crippen LogP contribution >= 0.6 is 0 Å². The van der Waals surface area contributed by atoms with E-state index in [1.165, 1.54) is 11.1 Å². The van der Waals surface area contributed by atoms with Gasteiger partial charge in [-0.25, -0.2) is 0 Å². The molecule has 1 aliphatic rings. The van der Waals surface area contributed by atoms with Gasteiger partial charge in [0.15, 0.2) is 5.78 Å². The van der Waals surface area contributed by atoms with E-state index in [2.05, 4.69) is 41.3 Å². The summed E-state index contributed by atoms with van der Waals surface area (Å²) in [5.41, 5.74) is 4.19. The SMILES string of the molecule is COc1ccc2c(c1)C(c1ccccc1)N(Cc1ccccc1)C(C)C2=O. The third kappa shape index (κ3) is 3.26. The number of methoxy groups -OCH3 is 1. The summed E-state index contributed by atoms with van der Waals surface area (Å²) in [6, 6.07) is 26.3. The highest BCUT2D eigenvalue weighted by Crippen LogP contribution is 2.40. The molecule has 0 spiro atoms. The molecule has 0 saturated carbocycles. The summed E-state index contributed by atoms with van der Waals surface area (Å²) < 4.78 is 5.45. The molecule has 3 nitrogen and oxygen atoms in total. The molecule has 3 aromatic rings. The topological polar surface area (TPSA) is 29.5 Å². The van der Waals surface area contributed by atoms with Gasteiger partial charge < -0.3 is 4.74 Å². The van der Waals surface area contributed by atoms with Crippen molar-refractivity contribution in [2.75, 3.05) is 7.11 Å². The first-order valence-corrected chi connectivity index (χ1v) is 9.26. The van der Waals surface area contributed by atoms with Crippen LogP contribution in [0.1, 0.15) is 40.0 Å². The van der Waals surface area contributed by atoms with Gasteiger partial charge in [-0.2, -0.15) is 0 Å². The lowest BCUT2D eigenvalue weighted by Gasteiger charge is -2.41. The Morgan fingerprint density at radius 2 is 1.59 bits per heavy atom. The third-order valence-electron chi connectivity index (χ3n) is 5.35. The van der Waals surface area contributed by atoms with Crippen LogP contribution in [0.2, 0.25) is 0 Å². The average Bonchev–Trinajstić information content (AvgIpc) is 2.73. The summed E-state index contributed by atoms with van der Waals surface area (Å²) in [5, 5.41) is 0. The van der Waals surface area contributed by atoms with Crippen molar-refractivity contribution in [1.29, 1.82) is 0 Å². The van der Waals surface area contributed by atoms with Crippen molar-refractivity contribution < 1.29 is 9.53 Å². The fourth-order valence-electron chi connectivity index (χ4n) is 3.93. The zero-order valence-corrected chi connectivity index (χ0v) is 15.6. The number of fused-ring (bicyclic) bond motifs is 1. The van der Waals surface area contributed by atoms with Gasteiger partial charge in [-0.1, -0.05) is 60.7 Å². The molecule has 4 rings (SSSR count). The minimum absolute atomic E-state index is 0.00389. The van der Waals surface area contributed by atoms with Crippen LogP contribution in [0.5, 0.6) is 5.75 Å². The van der Waals surface area contributed by atoms with Crippen molar-refractivity contribution in [3.63, 3.8) is 0 Å². The molecule has 2 atom stereocenters. The fraction of sp³-hybridized carbons (Fsp3) is 0.208. The maximum atomic E-state index is 13.1. The zero-order valence-electron chi connectivity index (χ0n) is 15.6. The van der Waals surface area contributed by atoms with Crippen LogP contribution in [0.25, 0.3) is 0 Å². The van der Waals surface area contributed by atoms with E-state index in [4.69, 9.17) is 4.74 Å². The molecular weight excluding hydrogens is 334 g/mol. The van der Waals surface area contributed by atoms with E-state index >= 15 is 0 Å². The summed E-state index contributed by atoms with van der Waals surface area (Å²) in [4.78, 5) is 15.4. The number of Topliss-reactive ketones (excluding diaryl/α,β-unsaturated/α-hetero) is 1. The maximum absolute atomic E-state index is 13.1. The second-order valence-corrected chi connectivity index (χ2v) is 6.96. The number of rotatable bonds is 4. The molecule has 27 heavy (non-hydrogen) atoms. The van der Waals surface area contributed by atoms with Crippen LogP contribution < -0.4 is 4.74 Å². The number of ether oxygens (including phenoxy) is 1. The Labute approximate surface area is 160 Å². The molecular formula is C24H23NO2. The molecule has 0 radical (unpaired) electrons. The van der Waals surface area contributed by atoms with Crippen LogP contribution in [0.4, 0.5) is 0 Å². The monoisotopic (exact) mass is 357 g/mol. The minimum atomic E-state index is -0.198. The van der Waals surface area contributed by atoms with Gasteiger partial charge in [-0.05, 0) is 41.8 Å². The van der Waals surface area contributed by atoms with E-state index in [0.29, 0.717) is 6.54 Å². The highest BCUT2D eigenvalue weighted by atomic mass is 16.5. The van der Waals surface area contributed by atoms with Crippen molar-refractivity contribution in [1.82, 2.24) is 4.90 Å². The summed E-state index contributed by atoms with van der Waals surface area (Å²) in [7, 11) is 1.66. The number of carbonyl (C=O) groups is 1. The molecule has 0 N–H and O–H groups in total. The average molecular weight is 357 g/mol. The van der Waals surface area contributed by atoms with Gasteiger partial charge >= 0.3 is 0 Å². The van der Waals surface area contributed by atoms with Crippen LogP contribution in [0, 0.1) is 0 Å². The highest BCUT2D eigenvalue weighted by Gasteiger charge is 2.38. The smallest absolute Gasteiger partial charge is 0.180 e. The second-order valence-electron chi connectivity index (χ2n) is 6.96. The van der Waals surface area contributed by atoms with Crippen molar-refractivity contribution in [3.05, 3.63) is 101 Å². The number of nitrogens with zero attached hydrogens (tertiary/aromatic N) is 1. The van der Waals surface area contributed by atoms with Crippen LogP contribution in [0.3, 0.4) is 0 Å². The Morgan fingerprint density at radius 3 is 2.26 bits per heavy atom. The minimum Gasteiger partial charge on any atom is -0.497 e. The Hall–Kier alpha value is -2.91. The second kappa shape index (κ2) is 7.37. The standard InChI is InChI=1S/C24H23NO2/c1-17-24(26)21-14-13-20(27-2)15-22(21)23(19-11-7-4-8-12-19)25(17)16-18-9-5-3-6-10-18/h3-15,17,23H,16H2,1-2H3. The van der Waals surface area contributed by atoms with Gasteiger partial charge in [0.05, 0.1) is 19.2 Å². The van der Waals surface area contributed by atoms with Crippen LogP contribution in [-0.4, -0.2) is 23.8 Å². The van der Waals surface area contributed by atoms with Gasteiger partial charge in [0, 0.05) is 12.1 Å². The number of ketones is 1. The Balaban J connectivity index is 1.86. The summed E-state index contributed by atoms with van der Waals surface area (Å²) in [5.74, 6) is 0.937. The number of hydrogen-bond donors (Lipinski definition) is 0. The normalized spacial score (nSPS) is 19.6. The van der Waals surface area contributed by atoms with Gasteiger partial charge in [-0.3, -0.25) is 9.69 Å².